The van der Waals surface area contributed by atoms with Crippen LogP contribution in [0.1, 0.15) is 17.7 Å². The van der Waals surface area contributed by atoms with E-state index in [1.54, 1.807) is 29.2 Å². The Morgan fingerprint density at radius 3 is 2.65 bits per heavy atom. The molecule has 0 bridgehead atoms. The third-order valence-corrected chi connectivity index (χ3v) is 6.23. The van der Waals surface area contributed by atoms with Gasteiger partial charge in [0.2, 0.25) is 15.9 Å². The number of nitrogens with zero attached hydrogens (tertiary/aromatic N) is 4. The summed E-state index contributed by atoms with van der Waals surface area (Å²) >= 11 is 0. The Bertz CT molecular complexity index is 1280. The molecule has 9 nitrogen and oxygen atoms in total. The van der Waals surface area contributed by atoms with Gasteiger partial charge < -0.3 is 9.72 Å². The Kier molecular flexibility index (Phi) is 5.83. The maximum absolute atomic E-state index is 12.3. The van der Waals surface area contributed by atoms with E-state index in [0.717, 1.165) is 16.9 Å². The summed E-state index contributed by atoms with van der Waals surface area (Å²) < 4.78 is 29.5. The van der Waals surface area contributed by atoms with Crippen molar-refractivity contribution in [2.24, 2.45) is 0 Å². The Balaban J connectivity index is 1.30. The summed E-state index contributed by atoms with van der Waals surface area (Å²) in [6.45, 7) is 0.499. The predicted molar refractivity (Wildman–Crippen MR) is 116 cm³/mol. The maximum atomic E-state index is 12.3. The Morgan fingerprint density at radius 2 is 1.90 bits per heavy atom. The molecule has 2 N–H and O–H groups in total. The van der Waals surface area contributed by atoms with E-state index in [4.69, 9.17) is 0 Å². The minimum absolute atomic E-state index is 0.140. The molecule has 4 aromatic rings. The molecule has 3 aromatic heterocycles. The Morgan fingerprint density at radius 1 is 1.10 bits per heavy atom. The number of fused-ring (bicyclic) bond motifs is 1. The van der Waals surface area contributed by atoms with Gasteiger partial charge in [0.1, 0.15) is 5.65 Å². The van der Waals surface area contributed by atoms with Crippen LogP contribution in [0.2, 0.25) is 0 Å². The largest absolute Gasteiger partial charge is 0.323 e. The summed E-state index contributed by atoms with van der Waals surface area (Å²) in [6, 6.07) is 12.3. The van der Waals surface area contributed by atoms with Crippen molar-refractivity contribution in [3.63, 3.8) is 0 Å². The van der Waals surface area contributed by atoms with Crippen molar-refractivity contribution >= 4 is 27.3 Å². The van der Waals surface area contributed by atoms with E-state index in [-0.39, 0.29) is 17.2 Å². The summed E-state index contributed by atoms with van der Waals surface area (Å²) in [6.07, 6.45) is 8.03. The first-order valence-corrected chi connectivity index (χ1v) is 11.2. The van der Waals surface area contributed by atoms with Crippen molar-refractivity contribution in [2.75, 3.05) is 12.4 Å². The number of hydrogen-bond donors (Lipinski definition) is 2. The molecule has 1 amide bonds. The molecule has 0 aliphatic rings. The fraction of sp³-hybridized carbons (Fsp3) is 0.190. The number of hydrogen-bond acceptors (Lipinski definition) is 5. The molecule has 3 heterocycles. The lowest BCUT2D eigenvalue weighted by Crippen LogP contribution is -2.18. The molecule has 0 spiro atoms. The van der Waals surface area contributed by atoms with Gasteiger partial charge >= 0.3 is 0 Å². The number of benzene rings is 1. The van der Waals surface area contributed by atoms with E-state index in [9.17, 15) is 13.2 Å². The van der Waals surface area contributed by atoms with Crippen molar-refractivity contribution in [2.45, 2.75) is 24.3 Å². The highest BCUT2D eigenvalue weighted by atomic mass is 32.2. The van der Waals surface area contributed by atoms with Gasteiger partial charge in [-0.3, -0.25) is 9.48 Å². The van der Waals surface area contributed by atoms with Crippen molar-refractivity contribution < 1.29 is 13.2 Å². The number of amides is 1. The van der Waals surface area contributed by atoms with Crippen LogP contribution in [0.25, 0.3) is 5.65 Å². The van der Waals surface area contributed by atoms with Crippen molar-refractivity contribution in [1.29, 1.82) is 0 Å². The molecular weight excluding hydrogens is 416 g/mol. The van der Waals surface area contributed by atoms with Gasteiger partial charge in [-0.2, -0.15) is 5.10 Å². The number of sulfonamides is 1. The third kappa shape index (κ3) is 4.98. The Hall–Kier alpha value is -3.50. The van der Waals surface area contributed by atoms with Gasteiger partial charge in [0.25, 0.3) is 0 Å². The zero-order chi connectivity index (χ0) is 21.8. The topological polar surface area (TPSA) is 110 Å². The van der Waals surface area contributed by atoms with Gasteiger partial charge in [0.05, 0.1) is 29.0 Å². The van der Waals surface area contributed by atoms with Crippen LogP contribution in [0, 0.1) is 0 Å². The van der Waals surface area contributed by atoms with Crippen LogP contribution in [0.15, 0.2) is 72.1 Å². The number of aromatic nitrogens is 4. The third-order valence-electron chi connectivity index (χ3n) is 4.80. The quantitative estimate of drug-likeness (QED) is 0.438. The molecule has 0 aliphatic heterocycles. The van der Waals surface area contributed by atoms with Gasteiger partial charge in [-0.05, 0) is 43.3 Å². The zero-order valence-corrected chi connectivity index (χ0v) is 17.7. The first-order valence-electron chi connectivity index (χ1n) is 9.70. The number of carbonyl (C=O) groups excluding carboxylic acids is 1. The fourth-order valence-corrected chi connectivity index (χ4v) is 3.91. The summed E-state index contributed by atoms with van der Waals surface area (Å²) in [4.78, 5) is 17.0. The molecule has 0 radical (unpaired) electrons. The standard InChI is InChI=1S/C21H22N6O3S/c1-22-31(29,30)19-8-5-16(6-9-19)7-10-21(28)25-17-12-23-27(14-17)15-18-13-26-11-3-2-4-20(26)24-18/h2-6,8-9,11-14,22H,7,10,15H2,1H3,(H,25,28). The first kappa shape index (κ1) is 20.8. The summed E-state index contributed by atoms with van der Waals surface area (Å²) in [5.74, 6) is -0.140. The van der Waals surface area contributed by atoms with Crippen LogP contribution >= 0.6 is 0 Å². The summed E-state index contributed by atoms with van der Waals surface area (Å²) in [7, 11) is -2.09. The number of anilines is 1. The number of carbonyl (C=O) groups is 1. The molecular formula is C21H22N6O3S. The summed E-state index contributed by atoms with van der Waals surface area (Å²) in [5.41, 5.74) is 3.24. The van der Waals surface area contributed by atoms with E-state index in [1.807, 2.05) is 35.0 Å². The molecule has 0 saturated heterocycles. The van der Waals surface area contributed by atoms with Crippen molar-refractivity contribution in [3.05, 3.63) is 78.5 Å². The maximum Gasteiger partial charge on any atom is 0.240 e. The van der Waals surface area contributed by atoms with Crippen LogP contribution in [0.4, 0.5) is 5.69 Å². The second-order valence-corrected chi connectivity index (χ2v) is 8.91. The van der Waals surface area contributed by atoms with Crippen LogP contribution < -0.4 is 10.0 Å². The second kappa shape index (κ2) is 8.70. The lowest BCUT2D eigenvalue weighted by atomic mass is 10.1. The zero-order valence-electron chi connectivity index (χ0n) is 16.9. The minimum Gasteiger partial charge on any atom is -0.323 e. The highest BCUT2D eigenvalue weighted by molar-refractivity contribution is 7.89. The molecule has 0 unspecified atom stereocenters. The molecule has 0 atom stereocenters. The van der Waals surface area contributed by atoms with Gasteiger partial charge in [0, 0.05) is 25.0 Å². The smallest absolute Gasteiger partial charge is 0.240 e. The van der Waals surface area contributed by atoms with E-state index in [0.29, 0.717) is 18.7 Å². The van der Waals surface area contributed by atoms with Gasteiger partial charge in [-0.25, -0.2) is 18.1 Å². The van der Waals surface area contributed by atoms with Crippen molar-refractivity contribution in [3.8, 4) is 0 Å². The summed E-state index contributed by atoms with van der Waals surface area (Å²) in [5, 5.41) is 7.12. The second-order valence-electron chi connectivity index (χ2n) is 7.02. The van der Waals surface area contributed by atoms with Gasteiger partial charge in [0.15, 0.2) is 0 Å². The Labute approximate surface area is 179 Å². The monoisotopic (exact) mass is 438 g/mol. The van der Waals surface area contributed by atoms with Crippen LogP contribution in [0.5, 0.6) is 0 Å². The molecule has 31 heavy (non-hydrogen) atoms. The number of pyridine rings is 1. The molecule has 0 saturated carbocycles. The van der Waals surface area contributed by atoms with Gasteiger partial charge in [-0.15, -0.1) is 0 Å². The SMILES string of the molecule is CNS(=O)(=O)c1ccc(CCC(=O)Nc2cnn(Cc3cn4ccccc4n3)c2)cc1. The fourth-order valence-electron chi connectivity index (χ4n) is 3.18. The molecule has 10 heteroatoms. The van der Waals surface area contributed by atoms with E-state index in [2.05, 4.69) is 20.1 Å². The number of rotatable bonds is 8. The predicted octanol–water partition coefficient (Wildman–Crippen LogP) is 2.06. The number of aryl methyl sites for hydroxylation is 1. The average Bonchev–Trinajstić information content (AvgIpc) is 3.38. The average molecular weight is 439 g/mol. The minimum atomic E-state index is -3.46. The highest BCUT2D eigenvalue weighted by Gasteiger charge is 2.11. The highest BCUT2D eigenvalue weighted by Crippen LogP contribution is 2.13. The number of imidazole rings is 1. The van der Waals surface area contributed by atoms with Crippen molar-refractivity contribution in [1.82, 2.24) is 23.9 Å². The molecule has 1 aromatic carbocycles. The lowest BCUT2D eigenvalue weighted by Gasteiger charge is -2.05. The van der Waals surface area contributed by atoms with Crippen LogP contribution in [0.3, 0.4) is 0 Å². The van der Waals surface area contributed by atoms with Gasteiger partial charge in [-0.1, -0.05) is 18.2 Å². The van der Waals surface area contributed by atoms with E-state index >= 15 is 0 Å². The normalized spacial score (nSPS) is 11.6. The number of nitrogens with one attached hydrogen (secondary N) is 2. The molecule has 0 aliphatic carbocycles. The van der Waals surface area contributed by atoms with Crippen LogP contribution in [-0.4, -0.2) is 40.5 Å². The van der Waals surface area contributed by atoms with E-state index < -0.39 is 10.0 Å². The molecule has 160 valence electrons. The molecule has 0 fully saturated rings. The first-order chi connectivity index (χ1) is 14.9. The van der Waals surface area contributed by atoms with Crippen LogP contribution in [-0.2, 0) is 27.8 Å². The lowest BCUT2D eigenvalue weighted by molar-refractivity contribution is -0.116. The molecule has 4 rings (SSSR count). The van der Waals surface area contributed by atoms with E-state index in [1.165, 1.54) is 19.2 Å².